The molecule has 2 rings (SSSR count). The Morgan fingerprint density at radius 1 is 1.59 bits per heavy atom. The van der Waals surface area contributed by atoms with Crippen LogP contribution in [0.5, 0.6) is 0 Å². The van der Waals surface area contributed by atoms with Gasteiger partial charge in [0.25, 0.3) is 0 Å². The maximum absolute atomic E-state index is 4.39. The fourth-order valence-corrected chi connectivity index (χ4v) is 5.14. The molecule has 0 radical (unpaired) electrons. The van der Waals surface area contributed by atoms with E-state index in [1.165, 1.54) is 29.5 Å². The first-order valence-electron chi connectivity index (χ1n) is 6.14. The van der Waals surface area contributed by atoms with E-state index in [9.17, 15) is 0 Å². The SMILES string of the molecule is CNC(CCc1nccn1C)C1CSCCS1. The van der Waals surface area contributed by atoms with E-state index < -0.39 is 0 Å². The lowest BCUT2D eigenvalue weighted by Gasteiger charge is -2.29. The van der Waals surface area contributed by atoms with E-state index in [1.807, 2.05) is 12.4 Å². The summed E-state index contributed by atoms with van der Waals surface area (Å²) in [4.78, 5) is 4.39. The van der Waals surface area contributed by atoms with Gasteiger partial charge in [-0.3, -0.25) is 0 Å². The lowest BCUT2D eigenvalue weighted by molar-refractivity contribution is 0.511. The van der Waals surface area contributed by atoms with Crippen LogP contribution in [0.25, 0.3) is 0 Å². The molecule has 0 spiro atoms. The van der Waals surface area contributed by atoms with Gasteiger partial charge in [-0.05, 0) is 13.5 Å². The lowest BCUT2D eigenvalue weighted by atomic mass is 10.1. The lowest BCUT2D eigenvalue weighted by Crippen LogP contribution is -2.39. The monoisotopic (exact) mass is 271 g/mol. The Hall–Kier alpha value is -0.130. The van der Waals surface area contributed by atoms with Crippen LogP contribution in [0.15, 0.2) is 12.4 Å². The number of hydrogen-bond donors (Lipinski definition) is 1. The minimum Gasteiger partial charge on any atom is -0.338 e. The van der Waals surface area contributed by atoms with Crippen molar-refractivity contribution in [3.8, 4) is 0 Å². The molecule has 0 amide bonds. The van der Waals surface area contributed by atoms with Gasteiger partial charge in [0.1, 0.15) is 5.82 Å². The Labute approximate surface area is 112 Å². The summed E-state index contributed by atoms with van der Waals surface area (Å²) in [5, 5.41) is 4.25. The van der Waals surface area contributed by atoms with E-state index >= 15 is 0 Å². The summed E-state index contributed by atoms with van der Waals surface area (Å²) in [6.07, 6.45) is 6.15. The second-order valence-corrected chi connectivity index (χ2v) is 6.87. The van der Waals surface area contributed by atoms with Gasteiger partial charge in [0.05, 0.1) is 0 Å². The fourth-order valence-electron chi connectivity index (χ4n) is 2.18. The molecule has 0 bridgehead atoms. The van der Waals surface area contributed by atoms with E-state index in [4.69, 9.17) is 0 Å². The van der Waals surface area contributed by atoms with Gasteiger partial charge in [-0.15, -0.1) is 0 Å². The molecule has 0 aromatic carbocycles. The topological polar surface area (TPSA) is 29.9 Å². The van der Waals surface area contributed by atoms with Gasteiger partial charge in [-0.25, -0.2) is 4.98 Å². The summed E-state index contributed by atoms with van der Waals surface area (Å²) in [6, 6.07) is 0.615. The second-order valence-electron chi connectivity index (χ2n) is 4.37. The maximum Gasteiger partial charge on any atom is 0.108 e. The first-order chi connectivity index (χ1) is 8.31. The van der Waals surface area contributed by atoms with Gasteiger partial charge in [0.15, 0.2) is 0 Å². The highest BCUT2D eigenvalue weighted by Crippen LogP contribution is 2.27. The normalized spacial score (nSPS) is 22.6. The zero-order valence-electron chi connectivity index (χ0n) is 10.6. The molecule has 1 saturated heterocycles. The standard InChI is InChI=1S/C12H21N3S2/c1-13-10(11-9-16-7-8-17-11)3-4-12-14-5-6-15(12)2/h5-6,10-11,13H,3-4,7-9H2,1-2H3. The number of imidazole rings is 1. The molecule has 17 heavy (non-hydrogen) atoms. The molecule has 1 fully saturated rings. The molecule has 2 heterocycles. The Kier molecular flexibility index (Phi) is 5.25. The van der Waals surface area contributed by atoms with E-state index in [1.54, 1.807) is 0 Å². The quantitative estimate of drug-likeness (QED) is 0.884. The minimum absolute atomic E-state index is 0.615. The Bertz CT molecular complexity index is 334. The van der Waals surface area contributed by atoms with Crippen molar-refractivity contribution in [2.75, 3.05) is 24.3 Å². The molecule has 1 N–H and O–H groups in total. The van der Waals surface area contributed by atoms with E-state index in [0.29, 0.717) is 6.04 Å². The minimum atomic E-state index is 0.615. The number of nitrogens with zero attached hydrogens (tertiary/aromatic N) is 2. The van der Waals surface area contributed by atoms with E-state index in [2.05, 4.69) is 52.5 Å². The van der Waals surface area contributed by atoms with Crippen LogP contribution in [0, 0.1) is 0 Å². The molecule has 96 valence electrons. The summed E-state index contributed by atoms with van der Waals surface area (Å²) < 4.78 is 2.12. The highest BCUT2D eigenvalue weighted by molar-refractivity contribution is 8.06. The highest BCUT2D eigenvalue weighted by Gasteiger charge is 2.23. The van der Waals surface area contributed by atoms with Crippen molar-refractivity contribution in [1.29, 1.82) is 0 Å². The largest absolute Gasteiger partial charge is 0.338 e. The molecule has 1 aromatic heterocycles. The average molecular weight is 271 g/mol. The summed E-state index contributed by atoms with van der Waals surface area (Å²) in [5.74, 6) is 5.10. The molecule has 2 unspecified atom stereocenters. The molecule has 1 aliphatic heterocycles. The van der Waals surface area contributed by atoms with Crippen LogP contribution in [0.1, 0.15) is 12.2 Å². The van der Waals surface area contributed by atoms with Crippen molar-refractivity contribution in [2.24, 2.45) is 7.05 Å². The first kappa shape index (κ1) is 13.3. The third-order valence-corrected chi connectivity index (χ3v) is 6.18. The van der Waals surface area contributed by atoms with Crippen LogP contribution in [-0.2, 0) is 13.5 Å². The number of thioether (sulfide) groups is 2. The average Bonchev–Trinajstić information content (AvgIpc) is 2.77. The van der Waals surface area contributed by atoms with Gasteiger partial charge in [0.2, 0.25) is 0 Å². The van der Waals surface area contributed by atoms with Crippen LogP contribution in [0.4, 0.5) is 0 Å². The number of rotatable bonds is 5. The number of nitrogens with one attached hydrogen (secondary N) is 1. The van der Waals surface area contributed by atoms with Crippen LogP contribution in [0.2, 0.25) is 0 Å². The van der Waals surface area contributed by atoms with Crippen molar-refractivity contribution >= 4 is 23.5 Å². The summed E-state index contributed by atoms with van der Waals surface area (Å²) in [7, 11) is 4.16. The molecule has 0 saturated carbocycles. The third-order valence-electron chi connectivity index (χ3n) is 3.26. The van der Waals surface area contributed by atoms with Crippen molar-refractivity contribution in [2.45, 2.75) is 24.1 Å². The molecular formula is C12H21N3S2. The Balaban J connectivity index is 1.84. The zero-order chi connectivity index (χ0) is 12.1. The first-order valence-corrected chi connectivity index (χ1v) is 8.34. The Morgan fingerprint density at radius 3 is 3.06 bits per heavy atom. The van der Waals surface area contributed by atoms with Crippen LogP contribution < -0.4 is 5.32 Å². The summed E-state index contributed by atoms with van der Waals surface area (Å²) in [6.45, 7) is 0. The molecule has 3 nitrogen and oxygen atoms in total. The molecule has 1 aromatic rings. The van der Waals surface area contributed by atoms with Gasteiger partial charge in [0, 0.05) is 54.4 Å². The van der Waals surface area contributed by atoms with Crippen molar-refractivity contribution < 1.29 is 0 Å². The van der Waals surface area contributed by atoms with Crippen molar-refractivity contribution in [1.82, 2.24) is 14.9 Å². The van der Waals surface area contributed by atoms with Crippen LogP contribution in [0.3, 0.4) is 0 Å². The fraction of sp³-hybridized carbons (Fsp3) is 0.750. The smallest absolute Gasteiger partial charge is 0.108 e. The number of hydrogen-bond acceptors (Lipinski definition) is 4. The third kappa shape index (κ3) is 3.66. The predicted octanol–water partition coefficient (Wildman–Crippen LogP) is 1.79. The summed E-state index contributed by atoms with van der Waals surface area (Å²) in [5.41, 5.74) is 0. The van der Waals surface area contributed by atoms with Crippen LogP contribution >= 0.6 is 23.5 Å². The van der Waals surface area contributed by atoms with E-state index in [0.717, 1.165) is 11.7 Å². The molecule has 1 aliphatic rings. The van der Waals surface area contributed by atoms with E-state index in [-0.39, 0.29) is 0 Å². The van der Waals surface area contributed by atoms with Crippen molar-refractivity contribution in [3.63, 3.8) is 0 Å². The van der Waals surface area contributed by atoms with Crippen molar-refractivity contribution in [3.05, 3.63) is 18.2 Å². The number of aryl methyl sites for hydroxylation is 2. The molecular weight excluding hydrogens is 250 g/mol. The van der Waals surface area contributed by atoms with Gasteiger partial charge in [-0.1, -0.05) is 0 Å². The zero-order valence-corrected chi connectivity index (χ0v) is 12.2. The summed E-state index contributed by atoms with van der Waals surface area (Å²) >= 11 is 4.22. The molecule has 5 heteroatoms. The van der Waals surface area contributed by atoms with Gasteiger partial charge >= 0.3 is 0 Å². The predicted molar refractivity (Wildman–Crippen MR) is 77.9 cm³/mol. The second kappa shape index (κ2) is 6.71. The van der Waals surface area contributed by atoms with Gasteiger partial charge < -0.3 is 9.88 Å². The Morgan fingerprint density at radius 2 is 2.47 bits per heavy atom. The molecule has 0 aliphatic carbocycles. The van der Waals surface area contributed by atoms with Gasteiger partial charge in [-0.2, -0.15) is 23.5 Å². The highest BCUT2D eigenvalue weighted by atomic mass is 32.2. The van der Waals surface area contributed by atoms with Crippen LogP contribution in [-0.4, -0.2) is 45.1 Å². The molecule has 2 atom stereocenters. The maximum atomic E-state index is 4.39. The number of aromatic nitrogens is 2.